The lowest BCUT2D eigenvalue weighted by Crippen LogP contribution is -2.09. The van der Waals surface area contributed by atoms with Gasteiger partial charge in [0.2, 0.25) is 0 Å². The standard InChI is InChI=1S/C13H9N3OS/c17-13(12-2-1-7-18-12)16-9-3-4-10-11(8-9)15-6-5-14-10/h1-8H,(H,16,17). The molecule has 0 unspecified atom stereocenters. The Morgan fingerprint density at radius 1 is 1.11 bits per heavy atom. The number of anilines is 1. The molecule has 0 aliphatic carbocycles. The van der Waals surface area contributed by atoms with Gasteiger partial charge in [0.05, 0.1) is 15.9 Å². The molecule has 1 aromatic carbocycles. The molecule has 0 bridgehead atoms. The maximum Gasteiger partial charge on any atom is 0.265 e. The predicted molar refractivity (Wildman–Crippen MR) is 71.8 cm³/mol. The molecule has 1 amide bonds. The number of carbonyl (C=O) groups is 1. The lowest BCUT2D eigenvalue weighted by Gasteiger charge is -2.04. The Labute approximate surface area is 107 Å². The number of hydrogen-bond donors (Lipinski definition) is 1. The van der Waals surface area contributed by atoms with Gasteiger partial charge in [0.1, 0.15) is 0 Å². The van der Waals surface area contributed by atoms with Crippen molar-refractivity contribution in [3.63, 3.8) is 0 Å². The van der Waals surface area contributed by atoms with Gasteiger partial charge in [-0.1, -0.05) is 6.07 Å². The molecule has 3 rings (SSSR count). The third-order valence-electron chi connectivity index (χ3n) is 2.47. The summed E-state index contributed by atoms with van der Waals surface area (Å²) in [6, 6.07) is 9.12. The zero-order chi connectivity index (χ0) is 12.4. The van der Waals surface area contributed by atoms with E-state index in [1.807, 2.05) is 29.6 Å². The first-order valence-electron chi connectivity index (χ1n) is 5.38. The van der Waals surface area contributed by atoms with E-state index >= 15 is 0 Å². The fraction of sp³-hybridized carbons (Fsp3) is 0. The summed E-state index contributed by atoms with van der Waals surface area (Å²) in [5.74, 6) is -0.103. The number of thiophene rings is 1. The van der Waals surface area contributed by atoms with Crippen LogP contribution in [0.25, 0.3) is 11.0 Å². The second-order valence-corrected chi connectivity index (χ2v) is 4.64. The first-order chi connectivity index (χ1) is 8.83. The van der Waals surface area contributed by atoms with Crippen LogP contribution >= 0.6 is 11.3 Å². The smallest absolute Gasteiger partial charge is 0.265 e. The highest BCUT2D eigenvalue weighted by Crippen LogP contribution is 2.17. The molecule has 0 saturated carbocycles. The maximum atomic E-state index is 11.9. The van der Waals surface area contributed by atoms with E-state index in [0.29, 0.717) is 4.88 Å². The molecule has 0 aliphatic rings. The molecular formula is C13H9N3OS. The van der Waals surface area contributed by atoms with Crippen molar-refractivity contribution in [2.45, 2.75) is 0 Å². The largest absolute Gasteiger partial charge is 0.321 e. The molecule has 88 valence electrons. The Bertz CT molecular complexity index is 694. The topological polar surface area (TPSA) is 54.9 Å². The summed E-state index contributed by atoms with van der Waals surface area (Å²) in [7, 11) is 0. The van der Waals surface area contributed by atoms with Crippen molar-refractivity contribution in [2.24, 2.45) is 0 Å². The highest BCUT2D eigenvalue weighted by molar-refractivity contribution is 7.12. The van der Waals surface area contributed by atoms with Crippen LogP contribution in [0.1, 0.15) is 9.67 Å². The average Bonchev–Trinajstić information content (AvgIpc) is 2.92. The van der Waals surface area contributed by atoms with Crippen molar-refractivity contribution in [1.29, 1.82) is 0 Å². The van der Waals surface area contributed by atoms with Crippen LogP contribution in [0, 0.1) is 0 Å². The molecule has 0 atom stereocenters. The Morgan fingerprint density at radius 3 is 2.72 bits per heavy atom. The van der Waals surface area contributed by atoms with E-state index < -0.39 is 0 Å². The molecule has 0 spiro atoms. The minimum atomic E-state index is -0.103. The van der Waals surface area contributed by atoms with Crippen molar-refractivity contribution in [2.75, 3.05) is 5.32 Å². The Kier molecular flexibility index (Phi) is 2.74. The number of hydrogen-bond acceptors (Lipinski definition) is 4. The van der Waals surface area contributed by atoms with Gasteiger partial charge in [-0.15, -0.1) is 11.3 Å². The number of nitrogens with one attached hydrogen (secondary N) is 1. The third-order valence-corrected chi connectivity index (χ3v) is 3.34. The second-order valence-electron chi connectivity index (χ2n) is 3.69. The number of nitrogens with zero attached hydrogens (tertiary/aromatic N) is 2. The highest BCUT2D eigenvalue weighted by Gasteiger charge is 2.07. The van der Waals surface area contributed by atoms with Crippen molar-refractivity contribution < 1.29 is 4.79 Å². The first kappa shape index (κ1) is 10.9. The van der Waals surface area contributed by atoms with E-state index in [-0.39, 0.29) is 5.91 Å². The SMILES string of the molecule is O=C(Nc1ccc2nccnc2c1)c1cccs1. The van der Waals surface area contributed by atoms with E-state index in [2.05, 4.69) is 15.3 Å². The van der Waals surface area contributed by atoms with Crippen LogP contribution < -0.4 is 5.32 Å². The quantitative estimate of drug-likeness (QED) is 0.766. The van der Waals surface area contributed by atoms with Gasteiger partial charge in [-0.25, -0.2) is 0 Å². The van der Waals surface area contributed by atoms with Crippen LogP contribution in [-0.4, -0.2) is 15.9 Å². The first-order valence-corrected chi connectivity index (χ1v) is 6.26. The monoisotopic (exact) mass is 255 g/mol. The van der Waals surface area contributed by atoms with Crippen molar-refractivity contribution >= 4 is 34.0 Å². The molecule has 0 radical (unpaired) electrons. The summed E-state index contributed by atoms with van der Waals surface area (Å²) in [6.45, 7) is 0. The molecule has 2 heterocycles. The van der Waals surface area contributed by atoms with Gasteiger partial charge in [-0.05, 0) is 29.6 Å². The zero-order valence-corrected chi connectivity index (χ0v) is 10.1. The van der Waals surface area contributed by atoms with Crippen LogP contribution in [0.4, 0.5) is 5.69 Å². The third kappa shape index (κ3) is 2.08. The fourth-order valence-electron chi connectivity index (χ4n) is 1.64. The molecule has 2 aromatic heterocycles. The number of carbonyl (C=O) groups excluding carboxylic acids is 1. The number of rotatable bonds is 2. The van der Waals surface area contributed by atoms with E-state index in [1.165, 1.54) is 11.3 Å². The van der Waals surface area contributed by atoms with Crippen LogP contribution in [0.2, 0.25) is 0 Å². The predicted octanol–water partition coefficient (Wildman–Crippen LogP) is 2.94. The van der Waals surface area contributed by atoms with Crippen LogP contribution in [0.3, 0.4) is 0 Å². The lowest BCUT2D eigenvalue weighted by molar-refractivity contribution is 0.103. The van der Waals surface area contributed by atoms with E-state index in [1.54, 1.807) is 18.5 Å². The van der Waals surface area contributed by atoms with Crippen molar-refractivity contribution in [3.05, 3.63) is 53.0 Å². The zero-order valence-electron chi connectivity index (χ0n) is 9.33. The Balaban J connectivity index is 1.89. The van der Waals surface area contributed by atoms with Gasteiger partial charge in [0.15, 0.2) is 0 Å². The molecule has 0 saturated heterocycles. The molecule has 1 N–H and O–H groups in total. The van der Waals surface area contributed by atoms with Crippen LogP contribution in [-0.2, 0) is 0 Å². The number of amides is 1. The van der Waals surface area contributed by atoms with Gasteiger partial charge in [-0.2, -0.15) is 0 Å². The average molecular weight is 255 g/mol. The van der Waals surface area contributed by atoms with E-state index in [9.17, 15) is 4.79 Å². The van der Waals surface area contributed by atoms with Crippen LogP contribution in [0.5, 0.6) is 0 Å². The Morgan fingerprint density at radius 2 is 1.94 bits per heavy atom. The summed E-state index contributed by atoms with van der Waals surface area (Å²) >= 11 is 1.41. The van der Waals surface area contributed by atoms with Gasteiger partial charge >= 0.3 is 0 Å². The summed E-state index contributed by atoms with van der Waals surface area (Å²) in [5, 5.41) is 4.72. The maximum absolute atomic E-state index is 11.9. The van der Waals surface area contributed by atoms with Gasteiger partial charge in [-0.3, -0.25) is 14.8 Å². The number of aromatic nitrogens is 2. The highest BCUT2D eigenvalue weighted by atomic mass is 32.1. The Hall–Kier alpha value is -2.27. The molecule has 3 aromatic rings. The van der Waals surface area contributed by atoms with Gasteiger partial charge in [0.25, 0.3) is 5.91 Å². The van der Waals surface area contributed by atoms with E-state index in [4.69, 9.17) is 0 Å². The minimum absolute atomic E-state index is 0.103. The summed E-state index contributed by atoms with van der Waals surface area (Å²) in [6.07, 6.45) is 3.28. The van der Waals surface area contributed by atoms with E-state index in [0.717, 1.165) is 16.7 Å². The summed E-state index contributed by atoms with van der Waals surface area (Å²) < 4.78 is 0. The molecule has 0 aliphatic heterocycles. The molecule has 18 heavy (non-hydrogen) atoms. The fourth-order valence-corrected chi connectivity index (χ4v) is 2.26. The summed E-state index contributed by atoms with van der Waals surface area (Å²) in [4.78, 5) is 20.9. The molecular weight excluding hydrogens is 246 g/mol. The number of benzene rings is 1. The number of fused-ring (bicyclic) bond motifs is 1. The minimum Gasteiger partial charge on any atom is -0.321 e. The second kappa shape index (κ2) is 4.54. The van der Waals surface area contributed by atoms with Crippen molar-refractivity contribution in [3.8, 4) is 0 Å². The van der Waals surface area contributed by atoms with Crippen molar-refractivity contribution in [1.82, 2.24) is 9.97 Å². The lowest BCUT2D eigenvalue weighted by atomic mass is 10.2. The molecule has 0 fully saturated rings. The normalized spacial score (nSPS) is 10.4. The summed E-state index contributed by atoms with van der Waals surface area (Å²) in [5.41, 5.74) is 2.30. The van der Waals surface area contributed by atoms with Gasteiger partial charge in [0, 0.05) is 18.1 Å². The molecule has 5 heteroatoms. The van der Waals surface area contributed by atoms with Gasteiger partial charge < -0.3 is 5.32 Å². The molecule has 4 nitrogen and oxygen atoms in total. The van der Waals surface area contributed by atoms with Crippen LogP contribution in [0.15, 0.2) is 48.1 Å².